The number of hydrogen-bond donors (Lipinski definition) is 2. The summed E-state index contributed by atoms with van der Waals surface area (Å²) in [5, 5.41) is 4.18. The highest BCUT2D eigenvalue weighted by atomic mass is 35.5. The molecule has 0 spiro atoms. The lowest BCUT2D eigenvalue weighted by molar-refractivity contribution is 0.159. The van der Waals surface area contributed by atoms with E-state index in [4.69, 9.17) is 9.47 Å². The molecule has 2 aromatic heterocycles. The van der Waals surface area contributed by atoms with Crippen molar-refractivity contribution in [1.29, 1.82) is 0 Å². The van der Waals surface area contributed by atoms with Crippen LogP contribution >= 0.6 is 24.8 Å². The number of aromatic nitrogens is 2. The molecule has 59 heavy (non-hydrogen) atoms. The first-order valence-corrected chi connectivity index (χ1v) is 18.4. The lowest BCUT2D eigenvalue weighted by Gasteiger charge is -2.19. The van der Waals surface area contributed by atoms with Crippen molar-refractivity contribution in [1.82, 2.24) is 29.8 Å². The summed E-state index contributed by atoms with van der Waals surface area (Å²) in [7, 11) is 3.49. The fourth-order valence-electron chi connectivity index (χ4n) is 6.54. The smallest absolute Gasteiger partial charge is 0.412 e. The number of benzene rings is 4. The molecule has 4 aromatic carbocycles. The molecule has 0 radical (unpaired) electrons. The molecule has 0 saturated heterocycles. The number of ether oxygens (including phenoxy) is 2. The van der Waals surface area contributed by atoms with Gasteiger partial charge in [-0.3, -0.25) is 9.97 Å². The van der Waals surface area contributed by atoms with Crippen molar-refractivity contribution in [2.75, 3.05) is 24.9 Å². The predicted molar refractivity (Wildman–Crippen MR) is 233 cm³/mol. The van der Waals surface area contributed by atoms with Gasteiger partial charge in [0.05, 0.1) is 11.4 Å². The van der Waals surface area contributed by atoms with Gasteiger partial charge in [-0.15, -0.1) is 24.8 Å². The number of nitrogens with zero attached hydrogens (tertiary/aromatic N) is 6. The van der Waals surface area contributed by atoms with Crippen molar-refractivity contribution in [3.05, 3.63) is 179 Å². The van der Waals surface area contributed by atoms with Crippen LogP contribution in [0.25, 0.3) is 0 Å². The molecule has 0 unspecified atom stereocenters. The first kappa shape index (κ1) is 45.5. The lowest BCUT2D eigenvalue weighted by Crippen LogP contribution is -2.29. The summed E-state index contributed by atoms with van der Waals surface area (Å²) in [6.45, 7) is 3.80. The van der Waals surface area contributed by atoms with Crippen molar-refractivity contribution in [2.45, 2.75) is 39.3 Å². The van der Waals surface area contributed by atoms with E-state index in [-0.39, 0.29) is 42.5 Å². The van der Waals surface area contributed by atoms with Gasteiger partial charge in [-0.2, -0.15) is 0 Å². The van der Waals surface area contributed by atoms with Crippen LogP contribution in [0, 0.1) is 0 Å². The van der Waals surface area contributed by atoms with Crippen molar-refractivity contribution in [3.8, 4) is 11.5 Å². The Hall–Kier alpha value is -6.22. The number of amides is 2. The number of halogens is 2. The minimum Gasteiger partial charge on any atom is -0.412 e. The first-order valence-electron chi connectivity index (χ1n) is 18.4. The van der Waals surface area contributed by atoms with Crippen LogP contribution in [-0.2, 0) is 39.3 Å². The fraction of sp³-hybridized carbons (Fsp3) is 0.182. The van der Waals surface area contributed by atoms with Crippen LogP contribution in [0.15, 0.2) is 146 Å². The number of carbonyl (C=O) groups excluding carboxylic acids is 2. The molecular weight excluding hydrogens is 791 g/mol. The maximum atomic E-state index is 12.6. The third kappa shape index (κ3) is 12.4. The second kappa shape index (κ2) is 22.1. The summed E-state index contributed by atoms with van der Waals surface area (Å²) >= 11 is 0. The quantitative estimate of drug-likeness (QED) is 0.139. The molecule has 0 fully saturated rings. The molecule has 6 aromatic rings. The van der Waals surface area contributed by atoms with Crippen LogP contribution in [0.3, 0.4) is 0 Å². The molecule has 13 nitrogen and oxygen atoms in total. The van der Waals surface area contributed by atoms with Crippen molar-refractivity contribution < 1.29 is 24.5 Å². The van der Waals surface area contributed by atoms with Gasteiger partial charge in [-0.1, -0.05) is 84.9 Å². The Labute approximate surface area is 356 Å². The Bertz CT molecular complexity index is 2070. The second-order valence-electron chi connectivity index (χ2n) is 13.6. The van der Waals surface area contributed by atoms with E-state index < -0.39 is 0 Å². The van der Waals surface area contributed by atoms with Gasteiger partial charge < -0.3 is 35.6 Å². The van der Waals surface area contributed by atoms with E-state index in [0.717, 1.165) is 57.8 Å². The molecule has 0 bridgehead atoms. The summed E-state index contributed by atoms with van der Waals surface area (Å²) in [5.41, 5.74) is 15.2. The monoisotopic (exact) mass is 838 g/mol. The topological polar surface area (TPSA) is 147 Å². The van der Waals surface area contributed by atoms with Crippen molar-refractivity contribution >= 4 is 48.4 Å². The molecule has 308 valence electrons. The third-order valence-corrected chi connectivity index (χ3v) is 9.36. The highest BCUT2D eigenvalue weighted by Gasteiger charge is 2.26. The van der Waals surface area contributed by atoms with Gasteiger partial charge in [0, 0.05) is 89.3 Å². The molecule has 0 atom stereocenters. The second-order valence-corrected chi connectivity index (χ2v) is 13.6. The number of rotatable bonds is 10. The SMILES string of the molecule is CN(Cc1ccccc1)C(=O)Oc1cccc2c1CN(Nc1ccncc1)C2.CN(Cc1ccccc1)C(=O)Oc1cccc2c1CN(Nc1ccncc1)C2.Cl.Cl.O. The molecule has 15 heteroatoms. The molecule has 2 aliphatic heterocycles. The number of carbonyl (C=O) groups is 2. The van der Waals surface area contributed by atoms with E-state index in [1.165, 1.54) is 0 Å². The first-order chi connectivity index (χ1) is 27.4. The molecule has 8 rings (SSSR count). The predicted octanol–water partition coefficient (Wildman–Crippen LogP) is 8.13. The van der Waals surface area contributed by atoms with E-state index in [0.29, 0.717) is 37.7 Å². The van der Waals surface area contributed by atoms with Gasteiger partial charge in [0.15, 0.2) is 0 Å². The van der Waals surface area contributed by atoms with E-state index in [2.05, 4.69) is 43.0 Å². The maximum absolute atomic E-state index is 12.6. The van der Waals surface area contributed by atoms with Gasteiger partial charge in [-0.05, 0) is 58.7 Å². The molecule has 0 saturated carbocycles. The minimum atomic E-state index is -0.363. The normalized spacial score (nSPS) is 12.4. The Morgan fingerprint density at radius 3 is 1.29 bits per heavy atom. The van der Waals surface area contributed by atoms with Crippen LogP contribution in [0.2, 0.25) is 0 Å². The van der Waals surface area contributed by atoms with Gasteiger partial charge in [0.25, 0.3) is 0 Å². The highest BCUT2D eigenvalue weighted by Crippen LogP contribution is 2.33. The summed E-state index contributed by atoms with van der Waals surface area (Å²) in [4.78, 5) is 36.3. The van der Waals surface area contributed by atoms with Crippen LogP contribution in [-0.4, -0.2) is 61.5 Å². The molecular formula is C44H48Cl2N8O5. The van der Waals surface area contributed by atoms with Gasteiger partial charge in [0.1, 0.15) is 11.5 Å². The highest BCUT2D eigenvalue weighted by molar-refractivity contribution is 5.85. The Kier molecular flexibility index (Phi) is 17.0. The van der Waals surface area contributed by atoms with Crippen LogP contribution in [0.1, 0.15) is 33.4 Å². The largest absolute Gasteiger partial charge is 0.415 e. The summed E-state index contributed by atoms with van der Waals surface area (Å²) < 4.78 is 11.4. The van der Waals surface area contributed by atoms with Crippen LogP contribution < -0.4 is 20.3 Å². The van der Waals surface area contributed by atoms with E-state index >= 15 is 0 Å². The van der Waals surface area contributed by atoms with E-state index in [9.17, 15) is 9.59 Å². The number of pyridine rings is 2. The average molecular weight is 840 g/mol. The van der Waals surface area contributed by atoms with Crippen LogP contribution in [0.5, 0.6) is 11.5 Å². The van der Waals surface area contributed by atoms with Crippen molar-refractivity contribution in [2.24, 2.45) is 0 Å². The average Bonchev–Trinajstić information content (AvgIpc) is 3.84. The molecule has 4 N–H and O–H groups in total. The van der Waals surface area contributed by atoms with Gasteiger partial charge in [-0.25, -0.2) is 19.6 Å². The number of nitrogens with one attached hydrogen (secondary N) is 2. The van der Waals surface area contributed by atoms with Crippen molar-refractivity contribution in [3.63, 3.8) is 0 Å². The Balaban J connectivity index is 0.000000248. The minimum absolute atomic E-state index is 0. The maximum Gasteiger partial charge on any atom is 0.415 e. The Morgan fingerprint density at radius 2 is 0.915 bits per heavy atom. The summed E-state index contributed by atoms with van der Waals surface area (Å²) in [5.74, 6) is 1.22. The molecule has 2 amide bonds. The molecule has 2 aliphatic rings. The summed E-state index contributed by atoms with van der Waals surface area (Å²) in [6, 6.07) is 39.1. The third-order valence-electron chi connectivity index (χ3n) is 9.36. The van der Waals surface area contributed by atoms with E-state index in [1.807, 2.05) is 109 Å². The van der Waals surface area contributed by atoms with E-state index in [1.54, 1.807) is 48.7 Å². The number of hydrogen-bond acceptors (Lipinski definition) is 10. The zero-order valence-corrected chi connectivity index (χ0v) is 34.4. The number of anilines is 2. The van der Waals surface area contributed by atoms with Gasteiger partial charge >= 0.3 is 12.2 Å². The number of fused-ring (bicyclic) bond motifs is 2. The van der Waals surface area contributed by atoms with Crippen LogP contribution in [0.4, 0.5) is 21.0 Å². The zero-order valence-electron chi connectivity index (χ0n) is 32.7. The molecule has 4 heterocycles. The fourth-order valence-corrected chi connectivity index (χ4v) is 6.54. The summed E-state index contributed by atoms with van der Waals surface area (Å²) in [6.07, 6.45) is 6.28. The lowest BCUT2D eigenvalue weighted by atomic mass is 10.1. The van der Waals surface area contributed by atoms with Gasteiger partial charge in [0.2, 0.25) is 0 Å². The Morgan fingerprint density at radius 1 is 0.542 bits per heavy atom. The number of hydrazine groups is 2. The molecule has 0 aliphatic carbocycles. The zero-order chi connectivity index (χ0) is 38.7. The standard InChI is InChI=1S/2C22H22N4O2.2ClH.H2O/c2*1-25(14-17-6-3-2-4-7-17)22(27)28-21-9-5-8-18-15-26(16-20(18)21)24-19-10-12-23-13-11-19;;;/h2*2-13H,14-16H2,1H3,(H,23,24);2*1H;1H2.